The van der Waals surface area contributed by atoms with E-state index in [9.17, 15) is 9.59 Å². The van der Waals surface area contributed by atoms with Gasteiger partial charge in [0.15, 0.2) is 0 Å². The first-order chi connectivity index (χ1) is 9.90. The normalized spacial score (nSPS) is 10.3. The number of aryl methyl sites for hydroxylation is 2. The highest BCUT2D eigenvalue weighted by Gasteiger charge is 2.15. The van der Waals surface area contributed by atoms with Gasteiger partial charge >= 0.3 is 0 Å². The van der Waals surface area contributed by atoms with Gasteiger partial charge in [-0.3, -0.25) is 14.7 Å². The Hall–Kier alpha value is -2.63. The molecule has 0 aliphatic heterocycles. The van der Waals surface area contributed by atoms with Gasteiger partial charge < -0.3 is 10.2 Å². The minimum atomic E-state index is -0.217. The Balaban J connectivity index is 2.14. The Kier molecular flexibility index (Phi) is 4.07. The van der Waals surface area contributed by atoms with Crippen molar-refractivity contribution in [1.82, 2.24) is 15.1 Å². The molecule has 0 aliphatic carbocycles. The molecule has 0 spiro atoms. The van der Waals surface area contributed by atoms with Crippen LogP contribution in [0, 0.1) is 13.8 Å². The Labute approximate surface area is 123 Å². The second kappa shape index (κ2) is 5.78. The second-order valence-corrected chi connectivity index (χ2v) is 5.04. The van der Waals surface area contributed by atoms with Crippen molar-refractivity contribution in [3.05, 3.63) is 46.8 Å². The lowest BCUT2D eigenvalue weighted by Gasteiger charge is -2.11. The van der Waals surface area contributed by atoms with Crippen LogP contribution < -0.4 is 5.32 Å². The number of H-pyrrole nitrogens is 1. The molecule has 2 N–H and O–H groups in total. The van der Waals surface area contributed by atoms with Gasteiger partial charge in [0.05, 0.1) is 11.3 Å². The molecule has 6 nitrogen and oxygen atoms in total. The summed E-state index contributed by atoms with van der Waals surface area (Å²) in [6.07, 6.45) is 0. The van der Waals surface area contributed by atoms with Gasteiger partial charge in [-0.1, -0.05) is 0 Å². The number of rotatable bonds is 3. The predicted molar refractivity (Wildman–Crippen MR) is 80.5 cm³/mol. The molecule has 2 rings (SSSR count). The van der Waals surface area contributed by atoms with Crippen LogP contribution in [0.4, 0.5) is 5.69 Å². The number of aromatic amines is 1. The summed E-state index contributed by atoms with van der Waals surface area (Å²) >= 11 is 0. The topological polar surface area (TPSA) is 78.1 Å². The van der Waals surface area contributed by atoms with E-state index in [-0.39, 0.29) is 11.8 Å². The number of hydrogen-bond donors (Lipinski definition) is 2. The van der Waals surface area contributed by atoms with Crippen molar-refractivity contribution in [2.45, 2.75) is 13.8 Å². The minimum absolute atomic E-state index is 0.0746. The maximum Gasteiger partial charge on any atom is 0.259 e. The van der Waals surface area contributed by atoms with E-state index in [0.717, 1.165) is 5.69 Å². The second-order valence-electron chi connectivity index (χ2n) is 5.04. The fraction of sp³-hybridized carbons (Fsp3) is 0.267. The quantitative estimate of drug-likeness (QED) is 0.905. The van der Waals surface area contributed by atoms with Gasteiger partial charge in [0.1, 0.15) is 0 Å². The maximum atomic E-state index is 12.2. The average Bonchev–Trinajstić information content (AvgIpc) is 2.78. The molecule has 1 aromatic carbocycles. The summed E-state index contributed by atoms with van der Waals surface area (Å²) in [5.74, 6) is -0.292. The third kappa shape index (κ3) is 3.10. The lowest BCUT2D eigenvalue weighted by Crippen LogP contribution is -2.21. The summed E-state index contributed by atoms with van der Waals surface area (Å²) in [6.45, 7) is 3.57. The van der Waals surface area contributed by atoms with Crippen molar-refractivity contribution >= 4 is 17.5 Å². The molecule has 1 aromatic heterocycles. The monoisotopic (exact) mass is 286 g/mol. The molecular formula is C15H18N4O2. The molecule has 0 radical (unpaired) electrons. The highest BCUT2D eigenvalue weighted by atomic mass is 16.2. The van der Waals surface area contributed by atoms with Gasteiger partial charge in [0.2, 0.25) is 0 Å². The smallest absolute Gasteiger partial charge is 0.259 e. The van der Waals surface area contributed by atoms with Crippen molar-refractivity contribution in [2.24, 2.45) is 0 Å². The molecule has 0 saturated heterocycles. The van der Waals surface area contributed by atoms with Crippen LogP contribution in [0.3, 0.4) is 0 Å². The van der Waals surface area contributed by atoms with Gasteiger partial charge in [0.25, 0.3) is 11.8 Å². The van der Waals surface area contributed by atoms with Crippen LogP contribution in [0.15, 0.2) is 24.3 Å². The Morgan fingerprint density at radius 2 is 1.76 bits per heavy atom. The molecule has 6 heteroatoms. The first-order valence-corrected chi connectivity index (χ1v) is 6.54. The summed E-state index contributed by atoms with van der Waals surface area (Å²) < 4.78 is 0. The van der Waals surface area contributed by atoms with Crippen LogP contribution >= 0.6 is 0 Å². The van der Waals surface area contributed by atoms with E-state index in [1.807, 2.05) is 0 Å². The Bertz CT molecular complexity index is 652. The van der Waals surface area contributed by atoms with Crippen LogP contribution in [0.2, 0.25) is 0 Å². The van der Waals surface area contributed by atoms with Crippen molar-refractivity contribution in [1.29, 1.82) is 0 Å². The van der Waals surface area contributed by atoms with E-state index in [4.69, 9.17) is 0 Å². The zero-order valence-electron chi connectivity index (χ0n) is 12.5. The molecule has 21 heavy (non-hydrogen) atoms. The summed E-state index contributed by atoms with van der Waals surface area (Å²) in [5.41, 5.74) is 3.14. The summed E-state index contributed by atoms with van der Waals surface area (Å²) in [6, 6.07) is 6.79. The lowest BCUT2D eigenvalue weighted by atomic mass is 10.1. The van der Waals surface area contributed by atoms with Gasteiger partial charge in [-0.05, 0) is 38.1 Å². The molecule has 0 atom stereocenters. The lowest BCUT2D eigenvalue weighted by molar-refractivity contribution is 0.0827. The van der Waals surface area contributed by atoms with Crippen LogP contribution in [0.25, 0.3) is 0 Å². The predicted octanol–water partition coefficient (Wildman–Crippen LogP) is 1.98. The van der Waals surface area contributed by atoms with E-state index in [0.29, 0.717) is 22.5 Å². The zero-order valence-corrected chi connectivity index (χ0v) is 12.5. The zero-order chi connectivity index (χ0) is 15.6. The molecule has 0 fully saturated rings. The van der Waals surface area contributed by atoms with Gasteiger partial charge in [0, 0.05) is 31.0 Å². The summed E-state index contributed by atoms with van der Waals surface area (Å²) in [7, 11) is 3.39. The molecule has 1 heterocycles. The van der Waals surface area contributed by atoms with Gasteiger partial charge in [-0.15, -0.1) is 0 Å². The third-order valence-corrected chi connectivity index (χ3v) is 3.15. The van der Waals surface area contributed by atoms with Crippen molar-refractivity contribution in [3.63, 3.8) is 0 Å². The number of benzene rings is 1. The van der Waals surface area contributed by atoms with Gasteiger partial charge in [-0.25, -0.2) is 0 Å². The number of carbonyl (C=O) groups excluding carboxylic acids is 2. The molecule has 0 unspecified atom stereocenters. The van der Waals surface area contributed by atoms with E-state index in [1.165, 1.54) is 4.90 Å². The summed E-state index contributed by atoms with van der Waals surface area (Å²) in [5, 5.41) is 9.58. The molecule has 110 valence electrons. The number of amides is 2. The third-order valence-electron chi connectivity index (χ3n) is 3.15. The van der Waals surface area contributed by atoms with Crippen LogP contribution in [-0.4, -0.2) is 41.0 Å². The van der Waals surface area contributed by atoms with Gasteiger partial charge in [-0.2, -0.15) is 5.10 Å². The fourth-order valence-corrected chi connectivity index (χ4v) is 2.03. The summed E-state index contributed by atoms with van der Waals surface area (Å²) in [4.78, 5) is 25.5. The molecular weight excluding hydrogens is 268 g/mol. The average molecular weight is 286 g/mol. The first-order valence-electron chi connectivity index (χ1n) is 6.54. The number of anilines is 1. The van der Waals surface area contributed by atoms with Crippen LogP contribution in [-0.2, 0) is 0 Å². The van der Waals surface area contributed by atoms with Crippen LogP contribution in [0.1, 0.15) is 32.1 Å². The van der Waals surface area contributed by atoms with Crippen molar-refractivity contribution < 1.29 is 9.59 Å². The first kappa shape index (κ1) is 14.8. The molecule has 2 aromatic rings. The van der Waals surface area contributed by atoms with E-state index < -0.39 is 0 Å². The van der Waals surface area contributed by atoms with E-state index >= 15 is 0 Å². The Morgan fingerprint density at radius 3 is 2.24 bits per heavy atom. The van der Waals surface area contributed by atoms with Crippen LogP contribution in [0.5, 0.6) is 0 Å². The minimum Gasteiger partial charge on any atom is -0.345 e. The van der Waals surface area contributed by atoms with E-state index in [1.54, 1.807) is 52.2 Å². The number of nitrogens with one attached hydrogen (secondary N) is 2. The number of nitrogens with zero attached hydrogens (tertiary/aromatic N) is 2. The van der Waals surface area contributed by atoms with Crippen molar-refractivity contribution in [3.8, 4) is 0 Å². The number of aromatic nitrogens is 2. The standard InChI is InChI=1S/C15H18N4O2/c1-9-13(10(2)18-17-9)14(20)16-12-7-5-11(6-8-12)15(21)19(3)4/h5-8H,1-4H3,(H,16,20)(H,17,18). The highest BCUT2D eigenvalue weighted by molar-refractivity contribution is 6.06. The molecule has 2 amide bonds. The largest absolute Gasteiger partial charge is 0.345 e. The maximum absolute atomic E-state index is 12.2. The SMILES string of the molecule is Cc1n[nH]c(C)c1C(=O)Nc1ccc(C(=O)N(C)C)cc1. The van der Waals surface area contributed by atoms with Crippen molar-refractivity contribution in [2.75, 3.05) is 19.4 Å². The molecule has 0 aliphatic rings. The molecule has 0 saturated carbocycles. The Morgan fingerprint density at radius 1 is 1.14 bits per heavy atom. The number of carbonyl (C=O) groups is 2. The fourth-order valence-electron chi connectivity index (χ4n) is 2.03. The highest BCUT2D eigenvalue weighted by Crippen LogP contribution is 2.15. The molecule has 0 bridgehead atoms. The number of hydrogen-bond acceptors (Lipinski definition) is 3. The van der Waals surface area contributed by atoms with E-state index in [2.05, 4.69) is 15.5 Å².